The van der Waals surface area contributed by atoms with Crippen LogP contribution in [0.5, 0.6) is 0 Å². The molecular weight excluding hydrogens is 320 g/mol. The first-order chi connectivity index (χ1) is 11.4. The lowest BCUT2D eigenvalue weighted by Crippen LogP contribution is -2.32. The lowest BCUT2D eigenvalue weighted by atomic mass is 10.0. The number of hydrogen-bond acceptors (Lipinski definition) is 4. The number of anilines is 2. The van der Waals surface area contributed by atoms with E-state index in [9.17, 15) is 9.59 Å². The van der Waals surface area contributed by atoms with E-state index in [1.54, 1.807) is 6.07 Å². The molecule has 4 nitrogen and oxygen atoms in total. The molecule has 0 aliphatic carbocycles. The van der Waals surface area contributed by atoms with Gasteiger partial charge in [0.15, 0.2) is 0 Å². The Morgan fingerprint density at radius 3 is 2.33 bits per heavy atom. The third kappa shape index (κ3) is 2.91. The normalized spacial score (nSPS) is 17.6. The van der Waals surface area contributed by atoms with Crippen LogP contribution >= 0.6 is 11.8 Å². The molecule has 2 aromatic carbocycles. The first kappa shape index (κ1) is 16.6. The number of para-hydroxylation sites is 1. The molecule has 0 spiro atoms. The van der Waals surface area contributed by atoms with Gasteiger partial charge in [-0.2, -0.15) is 0 Å². The molecular formula is C19H20N2O2S. The second kappa shape index (κ2) is 6.32. The van der Waals surface area contributed by atoms with Crippen LogP contribution in [0.4, 0.5) is 11.4 Å². The van der Waals surface area contributed by atoms with Crippen LogP contribution in [-0.2, 0) is 9.59 Å². The van der Waals surface area contributed by atoms with Crippen LogP contribution in [0, 0.1) is 20.8 Å². The molecule has 2 amide bonds. The monoisotopic (exact) mass is 340 g/mol. The highest BCUT2D eigenvalue weighted by Crippen LogP contribution is 2.38. The van der Waals surface area contributed by atoms with Crippen molar-refractivity contribution in [3.8, 4) is 0 Å². The zero-order valence-electron chi connectivity index (χ0n) is 14.0. The number of rotatable bonds is 3. The number of amides is 2. The maximum Gasteiger partial charge on any atom is 0.247 e. The molecule has 1 fully saturated rings. The lowest BCUT2D eigenvalue weighted by Gasteiger charge is -2.20. The van der Waals surface area contributed by atoms with Crippen molar-refractivity contribution >= 4 is 35.0 Å². The van der Waals surface area contributed by atoms with E-state index in [1.807, 2.05) is 51.1 Å². The van der Waals surface area contributed by atoms with E-state index in [4.69, 9.17) is 5.73 Å². The van der Waals surface area contributed by atoms with Gasteiger partial charge in [0, 0.05) is 17.0 Å². The maximum atomic E-state index is 12.9. The minimum Gasteiger partial charge on any atom is -0.398 e. The van der Waals surface area contributed by atoms with Gasteiger partial charge in [0.25, 0.3) is 0 Å². The average molecular weight is 340 g/mol. The fraction of sp³-hybridized carbons (Fsp3) is 0.263. The number of carbonyl (C=O) groups is 2. The Bertz CT molecular complexity index is 809. The van der Waals surface area contributed by atoms with Crippen LogP contribution in [0.1, 0.15) is 23.1 Å². The summed E-state index contributed by atoms with van der Waals surface area (Å²) in [6.07, 6.45) is 0.199. The molecule has 124 valence electrons. The molecule has 2 aromatic rings. The minimum atomic E-state index is -0.428. The molecule has 0 aromatic heterocycles. The standard InChI is InChI=1S/C19H20N2O2S/c1-11-8-12(2)18(13(3)9-11)21-17(22)10-16(19(21)23)24-15-7-5-4-6-14(15)20/h4-9,16H,10,20H2,1-3H3/t16-/m1/s1. The molecule has 0 radical (unpaired) electrons. The maximum absolute atomic E-state index is 12.9. The number of hydrogen-bond donors (Lipinski definition) is 1. The largest absolute Gasteiger partial charge is 0.398 e. The molecule has 1 heterocycles. The highest BCUT2D eigenvalue weighted by molar-refractivity contribution is 8.00. The SMILES string of the molecule is Cc1cc(C)c(N2C(=O)C[C@@H](Sc3ccccc3N)C2=O)c(C)c1. The summed E-state index contributed by atoms with van der Waals surface area (Å²) < 4.78 is 0. The molecule has 0 saturated carbocycles. The van der Waals surface area contributed by atoms with E-state index < -0.39 is 5.25 Å². The smallest absolute Gasteiger partial charge is 0.247 e. The predicted molar refractivity (Wildman–Crippen MR) is 98.3 cm³/mol. The first-order valence-electron chi connectivity index (χ1n) is 7.84. The van der Waals surface area contributed by atoms with Gasteiger partial charge in [-0.15, -0.1) is 11.8 Å². The number of aryl methyl sites for hydroxylation is 3. The number of nitrogens with two attached hydrogens (primary N) is 1. The molecule has 3 rings (SSSR count). The third-order valence-electron chi connectivity index (χ3n) is 4.15. The molecule has 1 aliphatic heterocycles. The van der Waals surface area contributed by atoms with Crippen molar-refractivity contribution in [2.45, 2.75) is 37.3 Å². The van der Waals surface area contributed by atoms with Crippen molar-refractivity contribution in [3.05, 3.63) is 53.1 Å². The van der Waals surface area contributed by atoms with Crippen LogP contribution in [0.2, 0.25) is 0 Å². The van der Waals surface area contributed by atoms with E-state index in [0.717, 1.165) is 27.3 Å². The number of imide groups is 1. The summed E-state index contributed by atoms with van der Waals surface area (Å²) in [5, 5.41) is -0.428. The second-order valence-corrected chi connectivity index (χ2v) is 7.41. The van der Waals surface area contributed by atoms with Crippen molar-refractivity contribution in [2.75, 3.05) is 10.6 Å². The zero-order valence-corrected chi connectivity index (χ0v) is 14.8. The Labute approximate surface area is 146 Å². The summed E-state index contributed by atoms with van der Waals surface area (Å²) in [7, 11) is 0. The first-order valence-corrected chi connectivity index (χ1v) is 8.72. The van der Waals surface area contributed by atoms with Gasteiger partial charge in [-0.05, 0) is 44.0 Å². The van der Waals surface area contributed by atoms with E-state index in [1.165, 1.54) is 16.7 Å². The number of benzene rings is 2. The van der Waals surface area contributed by atoms with Crippen molar-refractivity contribution in [3.63, 3.8) is 0 Å². The summed E-state index contributed by atoms with van der Waals surface area (Å²) in [5.74, 6) is -0.314. The highest BCUT2D eigenvalue weighted by Gasteiger charge is 2.41. The summed E-state index contributed by atoms with van der Waals surface area (Å²) >= 11 is 1.37. The molecule has 1 atom stereocenters. The van der Waals surface area contributed by atoms with Gasteiger partial charge >= 0.3 is 0 Å². The van der Waals surface area contributed by atoms with Crippen LogP contribution in [0.3, 0.4) is 0 Å². The summed E-state index contributed by atoms with van der Waals surface area (Å²) in [4.78, 5) is 27.6. The van der Waals surface area contributed by atoms with E-state index in [0.29, 0.717) is 5.69 Å². The highest BCUT2D eigenvalue weighted by atomic mass is 32.2. The van der Waals surface area contributed by atoms with Gasteiger partial charge in [0.1, 0.15) is 0 Å². The molecule has 5 heteroatoms. The van der Waals surface area contributed by atoms with Crippen molar-refractivity contribution < 1.29 is 9.59 Å². The summed E-state index contributed by atoms with van der Waals surface area (Å²) in [6, 6.07) is 11.4. The topological polar surface area (TPSA) is 63.4 Å². The molecule has 1 saturated heterocycles. The van der Waals surface area contributed by atoms with E-state index >= 15 is 0 Å². The lowest BCUT2D eigenvalue weighted by molar-refractivity contribution is -0.121. The van der Waals surface area contributed by atoms with Gasteiger partial charge in [0.05, 0.1) is 10.9 Å². The van der Waals surface area contributed by atoms with Crippen molar-refractivity contribution in [2.24, 2.45) is 0 Å². The summed E-state index contributed by atoms with van der Waals surface area (Å²) in [5.41, 5.74) is 10.3. The fourth-order valence-corrected chi connectivity index (χ4v) is 4.30. The van der Waals surface area contributed by atoms with E-state index in [-0.39, 0.29) is 18.2 Å². The Morgan fingerprint density at radius 2 is 1.71 bits per heavy atom. The Morgan fingerprint density at radius 1 is 1.08 bits per heavy atom. The van der Waals surface area contributed by atoms with Crippen LogP contribution < -0.4 is 10.6 Å². The van der Waals surface area contributed by atoms with Gasteiger partial charge in [-0.3, -0.25) is 9.59 Å². The third-order valence-corrected chi connectivity index (χ3v) is 5.43. The molecule has 2 N–H and O–H groups in total. The molecule has 1 aliphatic rings. The van der Waals surface area contributed by atoms with Gasteiger partial charge < -0.3 is 5.73 Å². The quantitative estimate of drug-likeness (QED) is 0.685. The number of thioether (sulfide) groups is 1. The van der Waals surface area contributed by atoms with Crippen LogP contribution in [0.25, 0.3) is 0 Å². The fourth-order valence-electron chi connectivity index (χ4n) is 3.20. The Balaban J connectivity index is 1.92. The number of nitrogens with zero attached hydrogens (tertiary/aromatic N) is 1. The molecule has 24 heavy (non-hydrogen) atoms. The minimum absolute atomic E-state index is 0.151. The molecule has 0 bridgehead atoms. The van der Waals surface area contributed by atoms with Gasteiger partial charge in [-0.1, -0.05) is 29.8 Å². The second-order valence-electron chi connectivity index (χ2n) is 6.16. The Hall–Kier alpha value is -2.27. The van der Waals surface area contributed by atoms with Crippen LogP contribution in [0.15, 0.2) is 41.3 Å². The number of carbonyl (C=O) groups excluding carboxylic acids is 2. The number of nitrogen functional groups attached to an aromatic ring is 1. The van der Waals surface area contributed by atoms with Gasteiger partial charge in [-0.25, -0.2) is 4.90 Å². The van der Waals surface area contributed by atoms with Gasteiger partial charge in [0.2, 0.25) is 11.8 Å². The van der Waals surface area contributed by atoms with Crippen molar-refractivity contribution in [1.82, 2.24) is 0 Å². The predicted octanol–water partition coefficient (Wildman–Crippen LogP) is 3.62. The summed E-state index contributed by atoms with van der Waals surface area (Å²) in [6.45, 7) is 5.88. The Kier molecular flexibility index (Phi) is 4.37. The van der Waals surface area contributed by atoms with Crippen molar-refractivity contribution in [1.29, 1.82) is 0 Å². The van der Waals surface area contributed by atoms with E-state index in [2.05, 4.69) is 0 Å². The van der Waals surface area contributed by atoms with Crippen LogP contribution in [-0.4, -0.2) is 17.1 Å². The molecule has 0 unspecified atom stereocenters. The average Bonchev–Trinajstić information content (AvgIpc) is 2.76. The zero-order chi connectivity index (χ0) is 17.4.